The fourth-order valence-electron chi connectivity index (χ4n) is 1.23. The van der Waals surface area contributed by atoms with E-state index in [9.17, 15) is 0 Å². The summed E-state index contributed by atoms with van der Waals surface area (Å²) in [6, 6.07) is 0. The number of rotatable bonds is 1. The summed E-state index contributed by atoms with van der Waals surface area (Å²) in [5.41, 5.74) is 0. The molecular formula is C8H13Cl. The molecule has 0 aromatic rings. The van der Waals surface area contributed by atoms with Crippen LogP contribution in [0.2, 0.25) is 0 Å². The Kier molecular flexibility index (Phi) is 2.59. The van der Waals surface area contributed by atoms with E-state index in [1.54, 1.807) is 0 Å². The van der Waals surface area contributed by atoms with Crippen molar-refractivity contribution in [3.05, 3.63) is 11.1 Å². The third-order valence-corrected chi connectivity index (χ3v) is 2.38. The number of hydrogen-bond acceptors (Lipinski definition) is 0. The normalized spacial score (nSPS) is 27.8. The average Bonchev–Trinajstić information content (AvgIpc) is 1.90. The molecule has 0 heterocycles. The van der Waals surface area contributed by atoms with Gasteiger partial charge in [0.25, 0.3) is 0 Å². The van der Waals surface area contributed by atoms with Crippen LogP contribution in [0.5, 0.6) is 0 Å². The first-order valence-corrected chi connectivity index (χ1v) is 4.05. The molecule has 52 valence electrons. The van der Waals surface area contributed by atoms with Crippen molar-refractivity contribution in [2.45, 2.75) is 32.6 Å². The molecule has 0 aliphatic heterocycles. The van der Waals surface area contributed by atoms with Crippen molar-refractivity contribution < 1.29 is 0 Å². The molecule has 0 aromatic carbocycles. The summed E-state index contributed by atoms with van der Waals surface area (Å²) < 4.78 is 0. The van der Waals surface area contributed by atoms with Gasteiger partial charge in [-0.1, -0.05) is 31.0 Å². The van der Waals surface area contributed by atoms with E-state index >= 15 is 0 Å². The largest absolute Gasteiger partial charge is 0.0895 e. The van der Waals surface area contributed by atoms with E-state index in [2.05, 4.69) is 13.0 Å². The highest BCUT2D eigenvalue weighted by Gasteiger charge is 2.10. The number of hydrogen-bond donors (Lipinski definition) is 0. The monoisotopic (exact) mass is 144 g/mol. The van der Waals surface area contributed by atoms with Gasteiger partial charge in [0.2, 0.25) is 0 Å². The maximum atomic E-state index is 5.80. The van der Waals surface area contributed by atoms with Gasteiger partial charge in [-0.2, -0.15) is 0 Å². The Hall–Kier alpha value is 0.0300. The third kappa shape index (κ3) is 2.02. The van der Waals surface area contributed by atoms with Crippen molar-refractivity contribution in [1.82, 2.24) is 0 Å². The van der Waals surface area contributed by atoms with E-state index in [0.29, 0.717) is 0 Å². The van der Waals surface area contributed by atoms with Gasteiger partial charge in [-0.05, 0) is 25.2 Å². The van der Waals surface area contributed by atoms with Crippen LogP contribution in [0.4, 0.5) is 0 Å². The summed E-state index contributed by atoms with van der Waals surface area (Å²) in [5.74, 6) is 0.910. The molecule has 1 atom stereocenters. The van der Waals surface area contributed by atoms with Crippen molar-refractivity contribution in [3.63, 3.8) is 0 Å². The second-order valence-corrected chi connectivity index (χ2v) is 3.19. The molecule has 9 heavy (non-hydrogen) atoms. The molecule has 0 N–H and O–H groups in total. The van der Waals surface area contributed by atoms with E-state index in [0.717, 1.165) is 17.4 Å². The highest BCUT2D eigenvalue weighted by atomic mass is 35.5. The molecule has 1 aliphatic rings. The average molecular weight is 145 g/mol. The topological polar surface area (TPSA) is 0 Å². The zero-order valence-corrected chi connectivity index (χ0v) is 6.62. The molecule has 1 unspecified atom stereocenters. The van der Waals surface area contributed by atoms with Crippen LogP contribution in [0.15, 0.2) is 11.1 Å². The lowest BCUT2D eigenvalue weighted by molar-refractivity contribution is 0.462. The molecule has 0 bridgehead atoms. The summed E-state index contributed by atoms with van der Waals surface area (Å²) in [7, 11) is 0. The van der Waals surface area contributed by atoms with Crippen molar-refractivity contribution in [3.8, 4) is 0 Å². The second-order valence-electron chi connectivity index (χ2n) is 2.70. The van der Waals surface area contributed by atoms with Gasteiger partial charge in [-0.3, -0.25) is 0 Å². The molecule has 0 fully saturated rings. The number of allylic oxidation sites excluding steroid dienone is 2. The summed E-state index contributed by atoms with van der Waals surface area (Å²) in [6.45, 7) is 2.25. The minimum absolute atomic E-state index is 0.910. The zero-order chi connectivity index (χ0) is 6.69. The van der Waals surface area contributed by atoms with Crippen molar-refractivity contribution in [2.24, 2.45) is 5.92 Å². The first-order valence-electron chi connectivity index (χ1n) is 3.67. The summed E-state index contributed by atoms with van der Waals surface area (Å²) in [5, 5.41) is 1.07. The van der Waals surface area contributed by atoms with Crippen molar-refractivity contribution >= 4 is 11.6 Å². The van der Waals surface area contributed by atoms with Gasteiger partial charge in [-0.25, -0.2) is 0 Å². The van der Waals surface area contributed by atoms with E-state index < -0.39 is 0 Å². The Morgan fingerprint density at radius 2 is 2.56 bits per heavy atom. The summed E-state index contributed by atoms with van der Waals surface area (Å²) in [4.78, 5) is 0. The van der Waals surface area contributed by atoms with E-state index in [1.807, 2.05) is 0 Å². The summed E-state index contributed by atoms with van der Waals surface area (Å²) in [6.07, 6.45) is 7.08. The molecule has 0 radical (unpaired) electrons. The molecule has 0 nitrogen and oxygen atoms in total. The van der Waals surface area contributed by atoms with Crippen LogP contribution in [0.25, 0.3) is 0 Å². The predicted octanol–water partition coefficient (Wildman–Crippen LogP) is 3.32. The maximum absolute atomic E-state index is 5.80. The molecule has 0 saturated heterocycles. The SMILES string of the molecule is CCC1CC=C(Cl)CC1. The molecule has 1 heteroatoms. The highest BCUT2D eigenvalue weighted by molar-refractivity contribution is 6.29. The van der Waals surface area contributed by atoms with Crippen LogP contribution in [0, 0.1) is 5.92 Å². The van der Waals surface area contributed by atoms with Gasteiger partial charge in [0, 0.05) is 5.03 Å². The van der Waals surface area contributed by atoms with Gasteiger partial charge >= 0.3 is 0 Å². The van der Waals surface area contributed by atoms with Gasteiger partial charge in [-0.15, -0.1) is 0 Å². The number of halogens is 1. The van der Waals surface area contributed by atoms with Crippen LogP contribution >= 0.6 is 11.6 Å². The smallest absolute Gasteiger partial charge is 0.0141 e. The van der Waals surface area contributed by atoms with Crippen LogP contribution in [-0.2, 0) is 0 Å². The minimum Gasteiger partial charge on any atom is -0.0895 e. The summed E-state index contributed by atoms with van der Waals surface area (Å²) >= 11 is 5.80. The first-order chi connectivity index (χ1) is 4.33. The van der Waals surface area contributed by atoms with Gasteiger partial charge < -0.3 is 0 Å². The maximum Gasteiger partial charge on any atom is 0.0141 e. The van der Waals surface area contributed by atoms with Crippen LogP contribution < -0.4 is 0 Å². The Morgan fingerprint density at radius 1 is 1.78 bits per heavy atom. The van der Waals surface area contributed by atoms with E-state index in [4.69, 9.17) is 11.6 Å². The van der Waals surface area contributed by atoms with E-state index in [1.165, 1.54) is 19.3 Å². The van der Waals surface area contributed by atoms with Crippen LogP contribution in [0.1, 0.15) is 32.6 Å². The third-order valence-electron chi connectivity index (χ3n) is 2.04. The molecule has 1 rings (SSSR count). The lowest BCUT2D eigenvalue weighted by Crippen LogP contribution is -2.01. The lowest BCUT2D eigenvalue weighted by atomic mass is 9.92. The van der Waals surface area contributed by atoms with Crippen LogP contribution in [-0.4, -0.2) is 0 Å². The lowest BCUT2D eigenvalue weighted by Gasteiger charge is -2.16. The first kappa shape index (κ1) is 7.14. The fraction of sp³-hybridized carbons (Fsp3) is 0.750. The predicted molar refractivity (Wildman–Crippen MR) is 41.6 cm³/mol. The fourth-order valence-corrected chi connectivity index (χ4v) is 1.43. The van der Waals surface area contributed by atoms with Gasteiger partial charge in [0.05, 0.1) is 0 Å². The Morgan fingerprint density at radius 3 is 3.00 bits per heavy atom. The Balaban J connectivity index is 2.36. The highest BCUT2D eigenvalue weighted by Crippen LogP contribution is 2.27. The Labute approximate surface area is 61.9 Å². The Bertz CT molecular complexity index is 116. The molecule has 0 aromatic heterocycles. The van der Waals surface area contributed by atoms with Gasteiger partial charge in [0.15, 0.2) is 0 Å². The zero-order valence-electron chi connectivity index (χ0n) is 5.86. The van der Waals surface area contributed by atoms with E-state index in [-0.39, 0.29) is 0 Å². The molecule has 0 amide bonds. The van der Waals surface area contributed by atoms with Crippen molar-refractivity contribution in [1.29, 1.82) is 0 Å². The standard InChI is InChI=1S/C8H13Cl/c1-2-7-3-5-8(9)6-4-7/h5,7H,2-4,6H2,1H3. The molecule has 0 saturated carbocycles. The molecule has 0 spiro atoms. The minimum atomic E-state index is 0.910. The quantitative estimate of drug-likeness (QED) is 0.530. The molecular weight excluding hydrogens is 132 g/mol. The van der Waals surface area contributed by atoms with Crippen LogP contribution in [0.3, 0.4) is 0 Å². The van der Waals surface area contributed by atoms with Gasteiger partial charge in [0.1, 0.15) is 0 Å². The molecule has 1 aliphatic carbocycles. The second kappa shape index (κ2) is 3.26. The van der Waals surface area contributed by atoms with Crippen molar-refractivity contribution in [2.75, 3.05) is 0 Å².